The van der Waals surface area contributed by atoms with E-state index in [0.29, 0.717) is 29.9 Å². The van der Waals surface area contributed by atoms with Gasteiger partial charge in [-0.25, -0.2) is 0 Å². The van der Waals surface area contributed by atoms with E-state index >= 15 is 0 Å². The Balaban J connectivity index is 1.84. The zero-order valence-corrected chi connectivity index (χ0v) is 16.3. The third kappa shape index (κ3) is 4.25. The van der Waals surface area contributed by atoms with E-state index in [1.807, 2.05) is 12.1 Å². The van der Waals surface area contributed by atoms with Gasteiger partial charge in [0.2, 0.25) is 0 Å². The number of thioether (sulfide) groups is 1. The third-order valence-corrected chi connectivity index (χ3v) is 5.44. The first-order valence-electron chi connectivity index (χ1n) is 6.97. The van der Waals surface area contributed by atoms with E-state index in [-0.39, 0.29) is 5.91 Å². The van der Waals surface area contributed by atoms with Crippen LogP contribution in [0.1, 0.15) is 11.1 Å². The van der Waals surface area contributed by atoms with Gasteiger partial charge in [0.25, 0.3) is 5.91 Å². The molecule has 0 bridgehead atoms. The second-order valence-corrected chi connectivity index (χ2v) is 7.85. The zero-order valence-electron chi connectivity index (χ0n) is 12.4. The Labute approximate surface area is 169 Å². The Morgan fingerprint density at radius 2 is 1.68 bits per heavy atom. The number of thiocarbonyl (C=S) groups is 1. The Hall–Kier alpha value is -1.37. The minimum Gasteiger partial charge on any atom is -0.266 e. The number of hydrogen-bond donors (Lipinski definition) is 0. The van der Waals surface area contributed by atoms with Gasteiger partial charge in [0.15, 0.2) is 4.32 Å². The molecule has 2 aromatic carbocycles. The van der Waals surface area contributed by atoms with E-state index in [9.17, 15) is 4.79 Å². The fraction of sp³-hybridized carbons (Fsp3) is 0. The summed E-state index contributed by atoms with van der Waals surface area (Å²) in [6, 6.07) is 12.3. The van der Waals surface area contributed by atoms with Gasteiger partial charge in [-0.3, -0.25) is 4.79 Å². The summed E-state index contributed by atoms with van der Waals surface area (Å²) in [7, 11) is 0. The molecule has 1 aliphatic heterocycles. The topological polar surface area (TPSA) is 32.7 Å². The molecule has 1 amide bonds. The van der Waals surface area contributed by atoms with Crippen molar-refractivity contribution in [1.82, 2.24) is 5.01 Å². The highest BCUT2D eigenvalue weighted by atomic mass is 35.5. The van der Waals surface area contributed by atoms with Crippen molar-refractivity contribution < 1.29 is 4.79 Å². The molecule has 1 aliphatic rings. The summed E-state index contributed by atoms with van der Waals surface area (Å²) in [6.45, 7) is 0. The maximum absolute atomic E-state index is 12.5. The van der Waals surface area contributed by atoms with Crippen molar-refractivity contribution in [2.24, 2.45) is 5.10 Å². The van der Waals surface area contributed by atoms with Gasteiger partial charge in [0, 0.05) is 10.6 Å². The molecule has 126 valence electrons. The molecule has 1 saturated heterocycles. The standard InChI is InChI=1S/C17H9Cl3N2OS2/c18-11-6-4-10(5-7-11)8-15-16(23)22(17(24)25-15)21-9-12-13(19)2-1-3-14(12)20/h1-9H/b15-8+,21-9+. The highest BCUT2D eigenvalue weighted by Crippen LogP contribution is 2.33. The molecule has 1 heterocycles. The van der Waals surface area contributed by atoms with Crippen LogP contribution in [0.15, 0.2) is 52.5 Å². The fourth-order valence-electron chi connectivity index (χ4n) is 2.02. The molecule has 2 aromatic rings. The molecule has 1 fully saturated rings. The van der Waals surface area contributed by atoms with Gasteiger partial charge in [-0.2, -0.15) is 10.1 Å². The summed E-state index contributed by atoms with van der Waals surface area (Å²) in [5, 5.41) is 6.82. The first-order chi connectivity index (χ1) is 12.0. The second kappa shape index (κ2) is 7.89. The average Bonchev–Trinajstić information content (AvgIpc) is 2.83. The van der Waals surface area contributed by atoms with Gasteiger partial charge in [0.05, 0.1) is 21.2 Å². The van der Waals surface area contributed by atoms with Crippen LogP contribution in [-0.4, -0.2) is 21.5 Å². The van der Waals surface area contributed by atoms with Crippen LogP contribution < -0.4 is 0 Å². The zero-order chi connectivity index (χ0) is 18.0. The molecule has 0 unspecified atom stereocenters. The van der Waals surface area contributed by atoms with Gasteiger partial charge >= 0.3 is 0 Å². The van der Waals surface area contributed by atoms with Crippen molar-refractivity contribution in [2.45, 2.75) is 0 Å². The van der Waals surface area contributed by atoms with Crippen molar-refractivity contribution in [3.8, 4) is 0 Å². The first kappa shape index (κ1) is 18.4. The number of halogens is 3. The molecule has 0 atom stereocenters. The first-order valence-corrected chi connectivity index (χ1v) is 9.33. The smallest absolute Gasteiger partial charge is 0.266 e. The summed E-state index contributed by atoms with van der Waals surface area (Å²) in [6.07, 6.45) is 3.17. The SMILES string of the molecule is O=C1/C(=C\c2ccc(Cl)cc2)SC(=S)N1/N=C/c1c(Cl)cccc1Cl. The van der Waals surface area contributed by atoms with Crippen molar-refractivity contribution in [3.63, 3.8) is 0 Å². The van der Waals surface area contributed by atoms with Crippen molar-refractivity contribution >= 4 is 81.3 Å². The van der Waals surface area contributed by atoms with Crippen LogP contribution in [0.4, 0.5) is 0 Å². The molecule has 3 nitrogen and oxygen atoms in total. The van der Waals surface area contributed by atoms with Crippen molar-refractivity contribution in [2.75, 3.05) is 0 Å². The van der Waals surface area contributed by atoms with Crippen LogP contribution in [0, 0.1) is 0 Å². The number of hydrazone groups is 1. The number of carbonyl (C=O) groups is 1. The lowest BCUT2D eigenvalue weighted by atomic mass is 10.2. The third-order valence-electron chi connectivity index (χ3n) is 3.24. The number of carbonyl (C=O) groups excluding carboxylic acids is 1. The number of hydrogen-bond acceptors (Lipinski definition) is 4. The largest absolute Gasteiger partial charge is 0.286 e. The van der Waals surface area contributed by atoms with Gasteiger partial charge in [-0.15, -0.1) is 0 Å². The van der Waals surface area contributed by atoms with E-state index in [4.69, 9.17) is 47.0 Å². The summed E-state index contributed by atoms with van der Waals surface area (Å²) in [5.74, 6) is -0.302. The van der Waals surface area contributed by atoms with Crippen LogP contribution in [0.25, 0.3) is 6.08 Å². The van der Waals surface area contributed by atoms with Crippen LogP contribution in [0.5, 0.6) is 0 Å². The fourth-order valence-corrected chi connectivity index (χ4v) is 3.81. The molecule has 0 radical (unpaired) electrons. The number of amides is 1. The lowest BCUT2D eigenvalue weighted by molar-refractivity contribution is -0.122. The molecule has 0 spiro atoms. The number of benzene rings is 2. The Kier molecular flexibility index (Phi) is 5.81. The lowest BCUT2D eigenvalue weighted by Crippen LogP contribution is -2.22. The van der Waals surface area contributed by atoms with E-state index in [1.54, 1.807) is 36.4 Å². The van der Waals surface area contributed by atoms with E-state index in [1.165, 1.54) is 18.0 Å². The lowest BCUT2D eigenvalue weighted by Gasteiger charge is -2.07. The summed E-state index contributed by atoms with van der Waals surface area (Å²) in [4.78, 5) is 13.0. The predicted molar refractivity (Wildman–Crippen MR) is 111 cm³/mol. The van der Waals surface area contributed by atoms with Crippen molar-refractivity contribution in [1.29, 1.82) is 0 Å². The maximum Gasteiger partial charge on any atom is 0.286 e. The molecule has 8 heteroatoms. The molecular formula is C17H9Cl3N2OS2. The molecular weight excluding hydrogens is 419 g/mol. The van der Waals surface area contributed by atoms with Gasteiger partial charge in [0.1, 0.15) is 0 Å². The van der Waals surface area contributed by atoms with Crippen molar-refractivity contribution in [3.05, 3.63) is 73.6 Å². The van der Waals surface area contributed by atoms with Gasteiger partial charge < -0.3 is 0 Å². The summed E-state index contributed by atoms with van der Waals surface area (Å²) < 4.78 is 0.338. The quantitative estimate of drug-likeness (QED) is 0.348. The van der Waals surface area contributed by atoms with E-state index in [0.717, 1.165) is 10.6 Å². The maximum atomic E-state index is 12.5. The number of nitrogens with zero attached hydrogens (tertiary/aromatic N) is 2. The molecule has 3 rings (SSSR count). The highest BCUT2D eigenvalue weighted by molar-refractivity contribution is 8.26. The normalized spacial score (nSPS) is 16.4. The molecule has 0 aliphatic carbocycles. The highest BCUT2D eigenvalue weighted by Gasteiger charge is 2.32. The Morgan fingerprint density at radius 1 is 1.04 bits per heavy atom. The minimum absolute atomic E-state index is 0.302. The minimum atomic E-state index is -0.302. The van der Waals surface area contributed by atoms with Crippen LogP contribution in [-0.2, 0) is 4.79 Å². The molecule has 0 saturated carbocycles. The monoisotopic (exact) mass is 426 g/mol. The Bertz CT molecular complexity index is 890. The second-order valence-electron chi connectivity index (χ2n) is 4.92. The van der Waals surface area contributed by atoms with E-state index in [2.05, 4.69) is 5.10 Å². The molecule has 25 heavy (non-hydrogen) atoms. The van der Waals surface area contributed by atoms with E-state index < -0.39 is 0 Å². The predicted octanol–water partition coefficient (Wildman–Crippen LogP) is 5.88. The van der Waals surface area contributed by atoms with Crippen LogP contribution >= 0.6 is 58.8 Å². The van der Waals surface area contributed by atoms with Crippen LogP contribution in [0.2, 0.25) is 15.1 Å². The summed E-state index contributed by atoms with van der Waals surface area (Å²) >= 11 is 24.5. The molecule has 0 aromatic heterocycles. The molecule has 0 N–H and O–H groups in total. The number of rotatable bonds is 3. The van der Waals surface area contributed by atoms with Gasteiger partial charge in [-0.05, 0) is 48.1 Å². The van der Waals surface area contributed by atoms with Gasteiger partial charge in [-0.1, -0.05) is 64.8 Å². The summed E-state index contributed by atoms with van der Waals surface area (Å²) in [5.41, 5.74) is 1.38. The Morgan fingerprint density at radius 3 is 2.32 bits per heavy atom. The van der Waals surface area contributed by atoms with Crippen LogP contribution in [0.3, 0.4) is 0 Å². The average molecular weight is 428 g/mol.